The van der Waals surface area contributed by atoms with E-state index in [4.69, 9.17) is 10.4 Å². The van der Waals surface area contributed by atoms with Crippen LogP contribution in [-0.2, 0) is 9.59 Å². The number of benzene rings is 1. The van der Waals surface area contributed by atoms with E-state index in [0.29, 0.717) is 0 Å². The van der Waals surface area contributed by atoms with Gasteiger partial charge in [-0.2, -0.15) is 5.26 Å². The predicted molar refractivity (Wildman–Crippen MR) is 97.3 cm³/mol. The Morgan fingerprint density at radius 1 is 1.31 bits per heavy atom. The maximum absolute atomic E-state index is 11.8. The van der Waals surface area contributed by atoms with Gasteiger partial charge in [0.25, 0.3) is 5.91 Å². The number of halogens is 1. The Balaban J connectivity index is 0.00000625. The summed E-state index contributed by atoms with van der Waals surface area (Å²) in [5.74, 6) is -1.61. The second-order valence-corrected chi connectivity index (χ2v) is 5.39. The van der Waals surface area contributed by atoms with Crippen molar-refractivity contribution in [1.82, 2.24) is 5.32 Å². The number of carboxylic acid groups (broad SMARTS) is 1. The average Bonchev–Trinajstić information content (AvgIpc) is 2.57. The van der Waals surface area contributed by atoms with Crippen LogP contribution in [0.5, 0.6) is 0 Å². The normalized spacial score (nSPS) is 10.3. The zero-order valence-electron chi connectivity index (χ0n) is 15.2. The summed E-state index contributed by atoms with van der Waals surface area (Å²) in [6.45, 7) is 7.94. The summed E-state index contributed by atoms with van der Waals surface area (Å²) in [6, 6.07) is 7.73. The summed E-state index contributed by atoms with van der Waals surface area (Å²) in [5.41, 5.74) is 2.78. The molecule has 0 saturated carbocycles. The molecule has 1 rings (SSSR count). The highest BCUT2D eigenvalue weighted by atomic mass is 35.5. The Kier molecular flexibility index (Phi) is 10.5. The molecule has 0 radical (unpaired) electrons. The van der Waals surface area contributed by atoms with E-state index in [1.54, 1.807) is 0 Å². The van der Waals surface area contributed by atoms with Crippen LogP contribution in [0.1, 0.15) is 25.8 Å². The van der Waals surface area contributed by atoms with E-state index < -0.39 is 11.9 Å². The maximum atomic E-state index is 11.8. The SMILES string of the molecule is CCN(CC)c1ccc(N/C=C(/C#N)C(=O)NCCC(=O)O)c(C)c1.[Cl-]. The number of hydrogen-bond donors (Lipinski definition) is 3. The minimum Gasteiger partial charge on any atom is -1.00 e. The maximum Gasteiger partial charge on any atom is 0.305 e. The molecule has 26 heavy (non-hydrogen) atoms. The molecule has 1 aromatic rings. The Labute approximate surface area is 160 Å². The minimum absolute atomic E-state index is 0. The van der Waals surface area contributed by atoms with E-state index in [0.717, 1.165) is 30.0 Å². The van der Waals surface area contributed by atoms with Crippen LogP contribution in [0, 0.1) is 18.3 Å². The quantitative estimate of drug-likeness (QED) is 0.385. The molecule has 0 bridgehead atoms. The van der Waals surface area contributed by atoms with E-state index in [9.17, 15) is 9.59 Å². The van der Waals surface area contributed by atoms with Gasteiger partial charge in [-0.3, -0.25) is 9.59 Å². The molecule has 0 aromatic heterocycles. The number of amides is 1. The number of nitrogens with zero attached hydrogens (tertiary/aromatic N) is 2. The number of nitrogens with one attached hydrogen (secondary N) is 2. The molecule has 7 nitrogen and oxygen atoms in total. The van der Waals surface area contributed by atoms with Crippen molar-refractivity contribution in [2.75, 3.05) is 29.9 Å². The number of aliphatic carboxylic acids is 1. The monoisotopic (exact) mass is 379 g/mol. The fourth-order valence-electron chi connectivity index (χ4n) is 2.27. The van der Waals surface area contributed by atoms with E-state index in [1.807, 2.05) is 31.2 Å². The molecule has 8 heteroatoms. The van der Waals surface area contributed by atoms with Crippen LogP contribution in [0.15, 0.2) is 30.0 Å². The van der Waals surface area contributed by atoms with E-state index in [2.05, 4.69) is 29.4 Å². The topological polar surface area (TPSA) is 105 Å². The molecule has 0 unspecified atom stereocenters. The average molecular weight is 380 g/mol. The van der Waals surface area contributed by atoms with Gasteiger partial charge in [-0.25, -0.2) is 0 Å². The lowest BCUT2D eigenvalue weighted by Gasteiger charge is -2.22. The van der Waals surface area contributed by atoms with Crippen molar-refractivity contribution in [3.05, 3.63) is 35.5 Å². The van der Waals surface area contributed by atoms with Gasteiger partial charge in [-0.05, 0) is 44.5 Å². The lowest BCUT2D eigenvalue weighted by atomic mass is 10.1. The Bertz CT molecular complexity index is 694. The van der Waals surface area contributed by atoms with Crippen molar-refractivity contribution in [3.63, 3.8) is 0 Å². The van der Waals surface area contributed by atoms with Crippen LogP contribution >= 0.6 is 0 Å². The van der Waals surface area contributed by atoms with Gasteiger partial charge in [0, 0.05) is 37.2 Å². The van der Waals surface area contributed by atoms with E-state index in [-0.39, 0.29) is 30.9 Å². The standard InChI is InChI=1S/C18H24N4O3.ClH/c1-4-22(5-2)15-6-7-16(13(3)10-15)21-12-14(11-19)18(25)20-9-8-17(23)24;/h6-7,10,12,21H,4-5,8-9H2,1-3H3,(H,20,25)(H,23,24);1H/p-1/b14-12-;. The summed E-state index contributed by atoms with van der Waals surface area (Å²) in [5, 5.41) is 23.0. The smallest absolute Gasteiger partial charge is 0.305 e. The van der Waals surface area contributed by atoms with Crippen molar-refractivity contribution in [1.29, 1.82) is 5.26 Å². The van der Waals surface area contributed by atoms with Crippen LogP contribution in [0.4, 0.5) is 11.4 Å². The molecule has 3 N–H and O–H groups in total. The number of rotatable bonds is 9. The lowest BCUT2D eigenvalue weighted by molar-refractivity contribution is -0.136. The van der Waals surface area contributed by atoms with E-state index in [1.165, 1.54) is 6.20 Å². The van der Waals surface area contributed by atoms with Crippen molar-refractivity contribution in [2.45, 2.75) is 27.2 Å². The first-order valence-corrected chi connectivity index (χ1v) is 8.15. The molecule has 0 spiro atoms. The number of carbonyl (C=O) groups excluding carboxylic acids is 1. The van der Waals surface area contributed by atoms with Gasteiger partial charge in [0.2, 0.25) is 0 Å². The Morgan fingerprint density at radius 3 is 2.46 bits per heavy atom. The first-order chi connectivity index (χ1) is 11.9. The summed E-state index contributed by atoms with van der Waals surface area (Å²) in [4.78, 5) is 24.5. The predicted octanol–water partition coefficient (Wildman–Crippen LogP) is -0.744. The first-order valence-electron chi connectivity index (χ1n) is 8.15. The fraction of sp³-hybridized carbons (Fsp3) is 0.389. The van der Waals surface area contributed by atoms with Crippen molar-refractivity contribution in [2.24, 2.45) is 0 Å². The minimum atomic E-state index is -1.01. The van der Waals surface area contributed by atoms with Gasteiger partial charge >= 0.3 is 5.97 Å². The molecule has 0 aliphatic carbocycles. The van der Waals surface area contributed by atoms with Gasteiger partial charge in [0.15, 0.2) is 0 Å². The highest BCUT2D eigenvalue weighted by molar-refractivity contribution is 5.97. The molecule has 1 aromatic carbocycles. The van der Waals surface area contributed by atoms with Gasteiger partial charge in [0.1, 0.15) is 11.6 Å². The molecule has 0 fully saturated rings. The molecule has 1 amide bonds. The van der Waals surface area contributed by atoms with Crippen LogP contribution in [0.2, 0.25) is 0 Å². The number of carbonyl (C=O) groups is 2. The lowest BCUT2D eigenvalue weighted by Crippen LogP contribution is -3.00. The summed E-state index contributed by atoms with van der Waals surface area (Å²) >= 11 is 0. The number of carboxylic acids is 1. The van der Waals surface area contributed by atoms with Crippen LogP contribution < -0.4 is 27.9 Å². The molecule has 0 aliphatic heterocycles. The van der Waals surface area contributed by atoms with Crippen LogP contribution in [-0.4, -0.2) is 36.6 Å². The van der Waals surface area contributed by atoms with Crippen LogP contribution in [0.3, 0.4) is 0 Å². The molecule has 0 atom stereocenters. The van der Waals surface area contributed by atoms with Crippen molar-refractivity contribution in [3.8, 4) is 6.07 Å². The second-order valence-electron chi connectivity index (χ2n) is 5.39. The molecule has 0 aliphatic rings. The number of anilines is 2. The van der Waals surface area contributed by atoms with Gasteiger partial charge in [-0.1, -0.05) is 0 Å². The summed E-state index contributed by atoms with van der Waals surface area (Å²) < 4.78 is 0. The van der Waals surface area contributed by atoms with E-state index >= 15 is 0 Å². The molecular weight excluding hydrogens is 356 g/mol. The number of nitriles is 1. The third-order valence-electron chi connectivity index (χ3n) is 3.70. The van der Waals surface area contributed by atoms with Gasteiger partial charge < -0.3 is 33.0 Å². The zero-order valence-corrected chi connectivity index (χ0v) is 15.9. The Morgan fingerprint density at radius 2 is 1.96 bits per heavy atom. The van der Waals surface area contributed by atoms with Crippen LogP contribution in [0.25, 0.3) is 0 Å². The highest BCUT2D eigenvalue weighted by Gasteiger charge is 2.10. The van der Waals surface area contributed by atoms with Crippen molar-refractivity contribution >= 4 is 23.3 Å². The van der Waals surface area contributed by atoms with Gasteiger partial charge in [-0.15, -0.1) is 0 Å². The largest absolute Gasteiger partial charge is 1.00 e. The summed E-state index contributed by atoms with van der Waals surface area (Å²) in [7, 11) is 0. The number of aryl methyl sites for hydroxylation is 1. The third kappa shape index (κ3) is 7.03. The van der Waals surface area contributed by atoms with Crippen molar-refractivity contribution < 1.29 is 27.1 Å². The Hall–Kier alpha value is -2.72. The molecule has 142 valence electrons. The first kappa shape index (κ1) is 23.3. The second kappa shape index (κ2) is 11.8. The highest BCUT2D eigenvalue weighted by Crippen LogP contribution is 2.22. The molecular formula is C18H24ClN4O3-. The van der Waals surface area contributed by atoms with Gasteiger partial charge in [0.05, 0.1) is 6.42 Å². The molecule has 0 saturated heterocycles. The third-order valence-corrected chi connectivity index (χ3v) is 3.70. The fourth-order valence-corrected chi connectivity index (χ4v) is 2.27. The zero-order chi connectivity index (χ0) is 18.8. The number of hydrogen-bond acceptors (Lipinski definition) is 5. The summed E-state index contributed by atoms with van der Waals surface area (Å²) in [6.07, 6.45) is 1.14. The molecule has 0 heterocycles.